The van der Waals surface area contributed by atoms with Gasteiger partial charge in [0.15, 0.2) is 0 Å². The molecule has 2 N–H and O–H groups in total. The Kier molecular flexibility index (Phi) is 7.07. The van der Waals surface area contributed by atoms with Crippen LogP contribution in [0.1, 0.15) is 57.8 Å². The van der Waals surface area contributed by atoms with Crippen LogP contribution >= 0.6 is 0 Å². The van der Waals surface area contributed by atoms with Gasteiger partial charge >= 0.3 is 0 Å². The number of aromatic nitrogens is 2. The minimum absolute atomic E-state index is 0.192. The molecule has 1 aromatic rings. The van der Waals surface area contributed by atoms with E-state index in [1.54, 1.807) is 6.20 Å². The largest absolute Gasteiger partial charge is 0.363 e. The second kappa shape index (κ2) is 9.72. The predicted octanol–water partition coefficient (Wildman–Crippen LogP) is 3.52. The third kappa shape index (κ3) is 6.22. The van der Waals surface area contributed by atoms with Crippen molar-refractivity contribution in [3.63, 3.8) is 0 Å². The van der Waals surface area contributed by atoms with Gasteiger partial charge in [-0.15, -0.1) is 0 Å². The smallest absolute Gasteiger partial charge is 0.224 e. The summed E-state index contributed by atoms with van der Waals surface area (Å²) in [7, 11) is 3.97. The van der Waals surface area contributed by atoms with E-state index in [0.717, 1.165) is 50.9 Å². The van der Waals surface area contributed by atoms with E-state index >= 15 is 0 Å². The van der Waals surface area contributed by atoms with Crippen molar-refractivity contribution >= 4 is 17.7 Å². The fourth-order valence-corrected chi connectivity index (χ4v) is 3.95. The Bertz CT molecular complexity index is 650. The highest BCUT2D eigenvalue weighted by Crippen LogP contribution is 2.26. The monoisotopic (exact) mass is 371 g/mol. The van der Waals surface area contributed by atoms with Crippen molar-refractivity contribution in [2.45, 2.75) is 63.8 Å². The second-order valence-electron chi connectivity index (χ2n) is 8.08. The van der Waals surface area contributed by atoms with Crippen molar-refractivity contribution < 1.29 is 4.79 Å². The Hall–Kier alpha value is -2.11. The number of rotatable bonds is 7. The van der Waals surface area contributed by atoms with Crippen LogP contribution in [-0.4, -0.2) is 42.6 Å². The number of hydrogen-bond acceptors (Lipinski definition) is 5. The Balaban J connectivity index is 1.37. The van der Waals surface area contributed by atoms with Gasteiger partial charge in [-0.1, -0.05) is 11.6 Å². The van der Waals surface area contributed by atoms with Crippen LogP contribution in [0, 0.1) is 5.92 Å². The van der Waals surface area contributed by atoms with Crippen LogP contribution in [0.15, 0.2) is 23.9 Å². The molecule has 3 rings (SSSR count). The number of anilines is 2. The zero-order chi connectivity index (χ0) is 19.1. The molecule has 1 fully saturated rings. The van der Waals surface area contributed by atoms with Crippen LogP contribution in [0.5, 0.6) is 0 Å². The van der Waals surface area contributed by atoms with E-state index in [-0.39, 0.29) is 5.91 Å². The van der Waals surface area contributed by atoms with Crippen LogP contribution in [0.4, 0.5) is 11.8 Å². The van der Waals surface area contributed by atoms with E-state index in [1.807, 2.05) is 25.1 Å². The molecule has 27 heavy (non-hydrogen) atoms. The Morgan fingerprint density at radius 3 is 2.74 bits per heavy atom. The lowest BCUT2D eigenvalue weighted by Crippen LogP contribution is -2.34. The third-order valence-electron chi connectivity index (χ3n) is 5.64. The summed E-state index contributed by atoms with van der Waals surface area (Å²) in [4.78, 5) is 23.0. The first-order valence-electron chi connectivity index (χ1n) is 10.3. The Morgan fingerprint density at radius 2 is 2.04 bits per heavy atom. The SMILES string of the molecule is CN(C)c1ccnc(N[C@H]2CC[C@@H](CNC(=O)CC3=CCCCC3)CC2)n1. The average molecular weight is 372 g/mol. The van der Waals surface area contributed by atoms with Crippen molar-refractivity contribution in [3.8, 4) is 0 Å². The van der Waals surface area contributed by atoms with Gasteiger partial charge in [0.2, 0.25) is 11.9 Å². The molecule has 0 atom stereocenters. The fraction of sp³-hybridized carbons (Fsp3) is 0.667. The lowest BCUT2D eigenvalue weighted by molar-refractivity contribution is -0.120. The number of allylic oxidation sites excluding steroid dienone is 1. The molecule has 6 nitrogen and oxygen atoms in total. The molecule has 0 aliphatic heterocycles. The lowest BCUT2D eigenvalue weighted by atomic mass is 9.86. The van der Waals surface area contributed by atoms with Gasteiger partial charge in [-0.2, -0.15) is 4.98 Å². The molecule has 0 radical (unpaired) electrons. The molecular formula is C21H33N5O. The summed E-state index contributed by atoms with van der Waals surface area (Å²) < 4.78 is 0. The number of amides is 1. The first kappa shape index (κ1) is 19.6. The summed E-state index contributed by atoms with van der Waals surface area (Å²) in [5, 5.41) is 6.63. The minimum atomic E-state index is 0.192. The van der Waals surface area contributed by atoms with Gasteiger partial charge in [0.25, 0.3) is 0 Å². The number of hydrogen-bond donors (Lipinski definition) is 2. The maximum Gasteiger partial charge on any atom is 0.224 e. The van der Waals surface area contributed by atoms with Crippen molar-refractivity contribution in [1.29, 1.82) is 0 Å². The summed E-state index contributed by atoms with van der Waals surface area (Å²) in [6.07, 6.45) is 13.9. The van der Waals surface area contributed by atoms with E-state index < -0.39 is 0 Å². The van der Waals surface area contributed by atoms with Crippen LogP contribution in [0.25, 0.3) is 0 Å². The van der Waals surface area contributed by atoms with Crippen LogP contribution in [0.3, 0.4) is 0 Å². The minimum Gasteiger partial charge on any atom is -0.363 e. The second-order valence-corrected chi connectivity index (χ2v) is 8.08. The molecule has 0 bridgehead atoms. The topological polar surface area (TPSA) is 70.2 Å². The van der Waals surface area contributed by atoms with Crippen molar-refractivity contribution in [2.24, 2.45) is 5.92 Å². The molecule has 6 heteroatoms. The molecule has 0 saturated heterocycles. The van der Waals surface area contributed by atoms with Crippen molar-refractivity contribution in [1.82, 2.24) is 15.3 Å². The maximum atomic E-state index is 12.2. The van der Waals surface area contributed by atoms with Gasteiger partial charge in [-0.3, -0.25) is 4.79 Å². The molecule has 0 spiro atoms. The fourth-order valence-electron chi connectivity index (χ4n) is 3.95. The summed E-state index contributed by atoms with van der Waals surface area (Å²) in [5.74, 6) is 2.40. The predicted molar refractivity (Wildman–Crippen MR) is 110 cm³/mol. The average Bonchev–Trinajstić information content (AvgIpc) is 2.68. The highest BCUT2D eigenvalue weighted by atomic mass is 16.1. The number of nitrogens with one attached hydrogen (secondary N) is 2. The van der Waals surface area contributed by atoms with Gasteiger partial charge in [0, 0.05) is 39.3 Å². The molecule has 0 unspecified atom stereocenters. The maximum absolute atomic E-state index is 12.2. The lowest BCUT2D eigenvalue weighted by Gasteiger charge is -2.29. The van der Waals surface area contributed by atoms with Gasteiger partial charge < -0.3 is 15.5 Å². The van der Waals surface area contributed by atoms with E-state index in [2.05, 4.69) is 26.7 Å². The molecule has 2 aliphatic rings. The van der Waals surface area contributed by atoms with Crippen molar-refractivity contribution in [3.05, 3.63) is 23.9 Å². The molecule has 1 saturated carbocycles. The number of carbonyl (C=O) groups is 1. The normalized spacial score (nSPS) is 22.7. The molecular weight excluding hydrogens is 338 g/mol. The van der Waals surface area contributed by atoms with E-state index in [0.29, 0.717) is 24.3 Å². The zero-order valence-corrected chi connectivity index (χ0v) is 16.7. The van der Waals surface area contributed by atoms with E-state index in [4.69, 9.17) is 0 Å². The van der Waals surface area contributed by atoms with Crippen LogP contribution < -0.4 is 15.5 Å². The molecule has 0 aromatic carbocycles. The summed E-state index contributed by atoms with van der Waals surface area (Å²) in [5.41, 5.74) is 1.33. The standard InChI is InChI=1S/C21H33N5O/c1-26(2)19-12-13-22-21(25-19)24-18-10-8-17(9-11-18)15-23-20(27)14-16-6-4-3-5-7-16/h6,12-13,17-18H,3-5,7-11,14-15H2,1-2H3,(H,23,27)(H,22,24,25)/t17-,18+. The first-order chi connectivity index (χ1) is 13.1. The molecule has 148 valence electrons. The highest BCUT2D eigenvalue weighted by Gasteiger charge is 2.22. The number of carbonyl (C=O) groups excluding carboxylic acids is 1. The van der Waals surface area contributed by atoms with Gasteiger partial charge in [0.1, 0.15) is 5.82 Å². The first-order valence-corrected chi connectivity index (χ1v) is 10.3. The summed E-state index contributed by atoms with van der Waals surface area (Å²) in [6.45, 7) is 0.811. The zero-order valence-electron chi connectivity index (χ0n) is 16.7. The van der Waals surface area contributed by atoms with Crippen LogP contribution in [-0.2, 0) is 4.79 Å². The Labute approximate surface area is 162 Å². The van der Waals surface area contributed by atoms with Gasteiger partial charge in [-0.25, -0.2) is 4.98 Å². The number of nitrogens with zero attached hydrogens (tertiary/aromatic N) is 3. The molecule has 1 amide bonds. The molecule has 1 aromatic heterocycles. The van der Waals surface area contributed by atoms with Gasteiger partial charge in [-0.05, 0) is 63.4 Å². The van der Waals surface area contributed by atoms with Gasteiger partial charge in [0.05, 0.1) is 0 Å². The van der Waals surface area contributed by atoms with E-state index in [1.165, 1.54) is 18.4 Å². The van der Waals surface area contributed by atoms with E-state index in [9.17, 15) is 4.79 Å². The molecule has 1 heterocycles. The highest BCUT2D eigenvalue weighted by molar-refractivity contribution is 5.78. The van der Waals surface area contributed by atoms with Crippen molar-refractivity contribution in [2.75, 3.05) is 30.9 Å². The quantitative estimate of drug-likeness (QED) is 0.718. The summed E-state index contributed by atoms with van der Waals surface area (Å²) in [6, 6.07) is 2.33. The van der Waals surface area contributed by atoms with Crippen LogP contribution in [0.2, 0.25) is 0 Å². The molecule has 2 aliphatic carbocycles. The summed E-state index contributed by atoms with van der Waals surface area (Å²) >= 11 is 0. The third-order valence-corrected chi connectivity index (χ3v) is 5.64. The Morgan fingerprint density at radius 1 is 1.22 bits per heavy atom.